The predicted octanol–water partition coefficient (Wildman–Crippen LogP) is 5.15. The van der Waals surface area contributed by atoms with Crippen LogP contribution >= 0.6 is 0 Å². The Balaban J connectivity index is 0.000000170. The molecule has 0 aromatic heterocycles. The summed E-state index contributed by atoms with van der Waals surface area (Å²) < 4.78 is 5.53. The third kappa shape index (κ3) is 6.71. The van der Waals surface area contributed by atoms with Gasteiger partial charge in [-0.15, -0.1) is 0 Å². The molecule has 0 radical (unpaired) electrons. The van der Waals surface area contributed by atoms with Crippen molar-refractivity contribution in [1.29, 1.82) is 0 Å². The summed E-state index contributed by atoms with van der Waals surface area (Å²) in [6, 6.07) is 0. The lowest BCUT2D eigenvalue weighted by Crippen LogP contribution is -2.35. The number of rotatable bonds is 0. The van der Waals surface area contributed by atoms with Gasteiger partial charge in [0.15, 0.2) is 5.78 Å². The second-order valence-electron chi connectivity index (χ2n) is 12.5. The highest BCUT2D eigenvalue weighted by atomic mass is 16.6. The number of carbonyl (C=O) groups is 3. The summed E-state index contributed by atoms with van der Waals surface area (Å²) in [5, 5.41) is 9.60. The zero-order valence-electron chi connectivity index (χ0n) is 21.4. The smallest absolute Gasteiger partial charge is 0.156 e. The van der Waals surface area contributed by atoms with E-state index < -0.39 is 6.10 Å². The number of allylic oxidation sites excluding steroid dienone is 3. The zero-order chi connectivity index (χ0) is 24.7. The highest BCUT2D eigenvalue weighted by Crippen LogP contribution is 2.54. The van der Waals surface area contributed by atoms with E-state index in [2.05, 4.69) is 33.8 Å². The highest BCUT2D eigenvalue weighted by Gasteiger charge is 2.63. The molecule has 0 aromatic rings. The van der Waals surface area contributed by atoms with E-state index in [0.717, 1.165) is 5.57 Å². The molecular formula is C27H42O5. The standard InChI is InChI=1S/2C9H14O2.C9H14O/c1-8(2)4-6(10)5-9(3)7(8)11-9;1-6-4-7(10)5-9(2,3)8(6)11;1-7-4-8(10)6-9(2,3)5-7/h7H,4-5H2,1-3H3;4,8,11H,5H2,1-3H3;5H,4,6H2,1-3H3. The van der Waals surface area contributed by atoms with Crippen molar-refractivity contribution in [3.8, 4) is 0 Å². The van der Waals surface area contributed by atoms with Crippen molar-refractivity contribution in [3.05, 3.63) is 23.3 Å². The minimum atomic E-state index is -0.458. The molecule has 1 heterocycles. The van der Waals surface area contributed by atoms with Crippen LogP contribution in [-0.2, 0) is 19.1 Å². The fourth-order valence-corrected chi connectivity index (χ4v) is 5.61. The summed E-state index contributed by atoms with van der Waals surface area (Å²) in [4.78, 5) is 33.3. The first kappa shape index (κ1) is 26.7. The summed E-state index contributed by atoms with van der Waals surface area (Å²) in [5.41, 5.74) is 1.81. The van der Waals surface area contributed by atoms with Gasteiger partial charge in [0.1, 0.15) is 11.6 Å². The number of carbonyl (C=O) groups excluding carboxylic acids is 3. The number of ketones is 3. The molecule has 3 unspecified atom stereocenters. The van der Waals surface area contributed by atoms with Crippen LogP contribution in [0.25, 0.3) is 0 Å². The number of Topliss-reactive ketones (excluding diaryl/α,β-unsaturated/α-hetero) is 2. The lowest BCUT2D eigenvalue weighted by Gasteiger charge is -2.33. The Labute approximate surface area is 193 Å². The zero-order valence-corrected chi connectivity index (χ0v) is 21.4. The summed E-state index contributed by atoms with van der Waals surface area (Å²) in [6.07, 6.45) is 6.76. The third-order valence-corrected chi connectivity index (χ3v) is 6.75. The van der Waals surface area contributed by atoms with Crippen molar-refractivity contribution < 1.29 is 24.2 Å². The average molecular weight is 447 g/mol. The van der Waals surface area contributed by atoms with E-state index in [-0.39, 0.29) is 27.6 Å². The highest BCUT2D eigenvalue weighted by molar-refractivity contribution is 5.92. The number of hydrogen-bond donors (Lipinski definition) is 1. The number of aliphatic hydroxyl groups is 1. The Morgan fingerprint density at radius 3 is 1.91 bits per heavy atom. The lowest BCUT2D eigenvalue weighted by atomic mass is 9.72. The van der Waals surface area contributed by atoms with Gasteiger partial charge in [0, 0.05) is 42.9 Å². The molecule has 2 fully saturated rings. The fourth-order valence-electron chi connectivity index (χ4n) is 5.61. The van der Waals surface area contributed by atoms with Gasteiger partial charge in [0.2, 0.25) is 0 Å². The van der Waals surface area contributed by atoms with Crippen LogP contribution in [0.15, 0.2) is 23.3 Å². The number of fused-ring (bicyclic) bond motifs is 1. The van der Waals surface area contributed by atoms with Crippen LogP contribution < -0.4 is 0 Å². The molecule has 0 aromatic carbocycles. The monoisotopic (exact) mass is 446 g/mol. The van der Waals surface area contributed by atoms with Crippen LogP contribution in [-0.4, -0.2) is 40.3 Å². The summed E-state index contributed by atoms with van der Waals surface area (Å²) >= 11 is 0. The van der Waals surface area contributed by atoms with Crippen LogP contribution in [0.3, 0.4) is 0 Å². The van der Waals surface area contributed by atoms with Crippen molar-refractivity contribution in [2.75, 3.05) is 0 Å². The topological polar surface area (TPSA) is 84.0 Å². The normalized spacial score (nSPS) is 34.0. The van der Waals surface area contributed by atoms with Gasteiger partial charge in [-0.1, -0.05) is 53.2 Å². The summed E-state index contributed by atoms with van der Waals surface area (Å²) in [5.74, 6) is 0.856. The minimum Gasteiger partial charge on any atom is -0.388 e. The molecule has 32 heavy (non-hydrogen) atoms. The van der Waals surface area contributed by atoms with Crippen molar-refractivity contribution in [1.82, 2.24) is 0 Å². The van der Waals surface area contributed by atoms with Gasteiger partial charge < -0.3 is 9.84 Å². The second kappa shape index (κ2) is 8.98. The van der Waals surface area contributed by atoms with E-state index in [1.165, 1.54) is 11.6 Å². The van der Waals surface area contributed by atoms with E-state index in [1.807, 2.05) is 27.7 Å². The Morgan fingerprint density at radius 1 is 0.844 bits per heavy atom. The number of epoxide rings is 1. The van der Waals surface area contributed by atoms with E-state index in [4.69, 9.17) is 4.74 Å². The molecule has 4 aliphatic rings. The van der Waals surface area contributed by atoms with E-state index >= 15 is 0 Å². The van der Waals surface area contributed by atoms with Gasteiger partial charge in [-0.25, -0.2) is 0 Å². The molecule has 5 heteroatoms. The first-order valence-electron chi connectivity index (χ1n) is 11.7. The second-order valence-corrected chi connectivity index (χ2v) is 12.5. The third-order valence-electron chi connectivity index (χ3n) is 6.75. The fraction of sp³-hybridized carbons (Fsp3) is 0.741. The van der Waals surface area contributed by atoms with E-state index in [9.17, 15) is 19.5 Å². The largest absolute Gasteiger partial charge is 0.388 e. The van der Waals surface area contributed by atoms with Crippen molar-refractivity contribution in [2.24, 2.45) is 16.2 Å². The van der Waals surface area contributed by atoms with Crippen molar-refractivity contribution in [2.45, 2.75) is 112 Å². The quantitative estimate of drug-likeness (QED) is 0.411. The first-order valence-corrected chi connectivity index (χ1v) is 11.7. The summed E-state index contributed by atoms with van der Waals surface area (Å²) in [7, 11) is 0. The SMILES string of the molecule is CC1(C)CC(=O)CC2(C)OC12.CC1=CC(=O)CC(C)(C)C1O.CC1=CC(C)(C)CC(=O)C1. The van der Waals surface area contributed by atoms with Gasteiger partial charge in [-0.3, -0.25) is 14.4 Å². The minimum absolute atomic E-state index is 0.0735. The molecule has 180 valence electrons. The molecule has 1 N–H and O–H groups in total. The summed E-state index contributed by atoms with van der Waals surface area (Å²) in [6.45, 7) is 18.1. The average Bonchev–Trinajstić information content (AvgIpc) is 3.23. The molecule has 1 saturated heterocycles. The van der Waals surface area contributed by atoms with Gasteiger partial charge in [0.25, 0.3) is 0 Å². The number of hydrogen-bond acceptors (Lipinski definition) is 5. The van der Waals surface area contributed by atoms with Gasteiger partial charge in [-0.2, -0.15) is 0 Å². The molecular weight excluding hydrogens is 404 g/mol. The Kier molecular flexibility index (Phi) is 7.48. The molecule has 3 aliphatic carbocycles. The van der Waals surface area contributed by atoms with E-state index in [0.29, 0.717) is 49.8 Å². The van der Waals surface area contributed by atoms with Crippen molar-refractivity contribution in [3.63, 3.8) is 0 Å². The van der Waals surface area contributed by atoms with Gasteiger partial charge in [0.05, 0.1) is 17.8 Å². The number of ether oxygens (including phenoxy) is 1. The van der Waals surface area contributed by atoms with E-state index in [1.54, 1.807) is 6.92 Å². The Morgan fingerprint density at radius 2 is 1.44 bits per heavy atom. The molecule has 1 saturated carbocycles. The molecule has 1 aliphatic heterocycles. The van der Waals surface area contributed by atoms with Gasteiger partial charge in [-0.05, 0) is 37.8 Å². The maximum absolute atomic E-state index is 11.2. The molecule has 5 nitrogen and oxygen atoms in total. The van der Waals surface area contributed by atoms with Crippen LogP contribution in [0.4, 0.5) is 0 Å². The number of aliphatic hydroxyl groups excluding tert-OH is 1. The Bertz CT molecular complexity index is 842. The maximum Gasteiger partial charge on any atom is 0.156 e. The molecule has 0 amide bonds. The van der Waals surface area contributed by atoms with Crippen molar-refractivity contribution >= 4 is 17.3 Å². The van der Waals surface area contributed by atoms with Crippen LogP contribution in [0.1, 0.15) is 94.4 Å². The van der Waals surface area contributed by atoms with Crippen LogP contribution in [0.5, 0.6) is 0 Å². The lowest BCUT2D eigenvalue weighted by molar-refractivity contribution is -0.123. The Hall–Kier alpha value is -1.59. The molecule has 0 spiro atoms. The molecule has 0 bridgehead atoms. The molecule has 4 rings (SSSR count). The van der Waals surface area contributed by atoms with Crippen LogP contribution in [0.2, 0.25) is 0 Å². The van der Waals surface area contributed by atoms with Gasteiger partial charge >= 0.3 is 0 Å². The predicted molar refractivity (Wildman–Crippen MR) is 126 cm³/mol. The van der Waals surface area contributed by atoms with Crippen LogP contribution in [0, 0.1) is 16.2 Å². The first-order chi connectivity index (χ1) is 14.4. The molecule has 3 atom stereocenters. The maximum atomic E-state index is 11.2.